The van der Waals surface area contributed by atoms with E-state index in [2.05, 4.69) is 59.4 Å². The van der Waals surface area contributed by atoms with E-state index in [1.807, 2.05) is 11.8 Å². The lowest BCUT2D eigenvalue weighted by Gasteiger charge is -2.16. The van der Waals surface area contributed by atoms with Gasteiger partial charge in [-0.2, -0.15) is 0 Å². The van der Waals surface area contributed by atoms with Gasteiger partial charge in [0.15, 0.2) is 0 Å². The molecule has 1 aromatic carbocycles. The van der Waals surface area contributed by atoms with Crippen LogP contribution in [0.2, 0.25) is 0 Å². The molecule has 1 atom stereocenters. The van der Waals surface area contributed by atoms with Crippen molar-refractivity contribution >= 4 is 27.7 Å². The molecule has 0 aliphatic rings. The van der Waals surface area contributed by atoms with Crippen LogP contribution in [-0.4, -0.2) is 18.3 Å². The fourth-order valence-corrected chi connectivity index (χ4v) is 2.88. The van der Waals surface area contributed by atoms with E-state index in [1.54, 1.807) is 0 Å². The van der Waals surface area contributed by atoms with Gasteiger partial charge in [-0.15, -0.1) is 11.8 Å². The Hall–Kier alpha value is 0.01000. The van der Waals surface area contributed by atoms with Gasteiger partial charge in [-0.25, -0.2) is 0 Å². The summed E-state index contributed by atoms with van der Waals surface area (Å²) in [6, 6.07) is 9.19. The highest BCUT2D eigenvalue weighted by Gasteiger charge is 2.06. The Morgan fingerprint density at radius 1 is 1.25 bits per heavy atom. The molecule has 1 nitrogen and oxygen atoms in total. The highest BCUT2D eigenvalue weighted by atomic mass is 79.9. The van der Waals surface area contributed by atoms with Crippen molar-refractivity contribution in [1.82, 2.24) is 5.32 Å². The first-order valence-electron chi connectivity index (χ1n) is 5.88. The van der Waals surface area contributed by atoms with Gasteiger partial charge in [0.05, 0.1) is 0 Å². The van der Waals surface area contributed by atoms with Crippen molar-refractivity contribution in [2.75, 3.05) is 12.3 Å². The zero-order valence-electron chi connectivity index (χ0n) is 10.0. The standard InChI is InChI=1S/C13H20BrNS/c1-3-5-12(15-4-2)10-16-13-8-6-11(14)7-9-13/h6-9,12,15H,3-5,10H2,1-2H3. The molecule has 0 saturated carbocycles. The third kappa shape index (κ3) is 5.37. The molecule has 3 heteroatoms. The molecule has 1 unspecified atom stereocenters. The number of rotatable bonds is 7. The van der Waals surface area contributed by atoms with Crippen LogP contribution < -0.4 is 5.32 Å². The van der Waals surface area contributed by atoms with Crippen LogP contribution in [0.5, 0.6) is 0 Å². The second-order valence-corrected chi connectivity index (χ2v) is 5.82. The Balaban J connectivity index is 2.38. The first-order chi connectivity index (χ1) is 7.76. The Morgan fingerprint density at radius 2 is 1.94 bits per heavy atom. The summed E-state index contributed by atoms with van der Waals surface area (Å²) in [7, 11) is 0. The topological polar surface area (TPSA) is 12.0 Å². The minimum Gasteiger partial charge on any atom is -0.313 e. The third-order valence-electron chi connectivity index (χ3n) is 2.39. The molecule has 0 saturated heterocycles. The van der Waals surface area contributed by atoms with Crippen LogP contribution in [0.25, 0.3) is 0 Å². The van der Waals surface area contributed by atoms with Crippen LogP contribution in [0.3, 0.4) is 0 Å². The predicted molar refractivity (Wildman–Crippen MR) is 77.2 cm³/mol. The summed E-state index contributed by atoms with van der Waals surface area (Å²) in [6.45, 7) is 5.48. The third-order valence-corrected chi connectivity index (χ3v) is 4.10. The quantitative estimate of drug-likeness (QED) is 0.753. The van der Waals surface area contributed by atoms with Gasteiger partial charge in [0.2, 0.25) is 0 Å². The zero-order chi connectivity index (χ0) is 11.8. The number of nitrogens with one attached hydrogen (secondary N) is 1. The van der Waals surface area contributed by atoms with Crippen molar-refractivity contribution in [3.63, 3.8) is 0 Å². The van der Waals surface area contributed by atoms with E-state index in [1.165, 1.54) is 17.7 Å². The first-order valence-corrected chi connectivity index (χ1v) is 7.65. The van der Waals surface area contributed by atoms with Gasteiger partial charge in [-0.05, 0) is 37.2 Å². The molecule has 0 spiro atoms. The summed E-state index contributed by atoms with van der Waals surface area (Å²) in [5.41, 5.74) is 0. The summed E-state index contributed by atoms with van der Waals surface area (Å²) in [5.74, 6) is 1.16. The van der Waals surface area contributed by atoms with E-state index < -0.39 is 0 Å². The van der Waals surface area contributed by atoms with Crippen LogP contribution >= 0.6 is 27.7 Å². The van der Waals surface area contributed by atoms with Gasteiger partial charge >= 0.3 is 0 Å². The van der Waals surface area contributed by atoms with Crippen LogP contribution in [0.4, 0.5) is 0 Å². The van der Waals surface area contributed by atoms with Gasteiger partial charge in [0, 0.05) is 21.2 Å². The number of hydrogen-bond donors (Lipinski definition) is 1. The molecule has 0 bridgehead atoms. The number of halogens is 1. The van der Waals surface area contributed by atoms with Crippen LogP contribution in [-0.2, 0) is 0 Å². The summed E-state index contributed by atoms with van der Waals surface area (Å²) < 4.78 is 1.15. The van der Waals surface area contributed by atoms with E-state index in [-0.39, 0.29) is 0 Å². The molecule has 0 aromatic heterocycles. The normalized spacial score (nSPS) is 12.7. The average Bonchev–Trinajstić information content (AvgIpc) is 2.29. The fraction of sp³-hybridized carbons (Fsp3) is 0.538. The Labute approximate surface area is 112 Å². The smallest absolute Gasteiger partial charge is 0.0176 e. The second-order valence-electron chi connectivity index (χ2n) is 3.81. The molecular weight excluding hydrogens is 282 g/mol. The first kappa shape index (κ1) is 14.1. The molecule has 0 aliphatic carbocycles. The van der Waals surface area contributed by atoms with Crippen molar-refractivity contribution < 1.29 is 0 Å². The summed E-state index contributed by atoms with van der Waals surface area (Å²) in [4.78, 5) is 1.35. The monoisotopic (exact) mass is 301 g/mol. The lowest BCUT2D eigenvalue weighted by atomic mass is 10.2. The maximum atomic E-state index is 3.54. The molecule has 0 aliphatic heterocycles. The summed E-state index contributed by atoms with van der Waals surface area (Å²) >= 11 is 5.39. The Kier molecular flexibility index (Phi) is 7.17. The maximum Gasteiger partial charge on any atom is 0.0176 e. The molecule has 90 valence electrons. The van der Waals surface area contributed by atoms with Crippen LogP contribution in [0.1, 0.15) is 26.7 Å². The molecular formula is C13H20BrNS. The van der Waals surface area contributed by atoms with E-state index in [4.69, 9.17) is 0 Å². The van der Waals surface area contributed by atoms with Gasteiger partial charge in [-0.1, -0.05) is 36.2 Å². The van der Waals surface area contributed by atoms with E-state index in [9.17, 15) is 0 Å². The Morgan fingerprint density at radius 3 is 2.50 bits per heavy atom. The molecule has 1 rings (SSSR count). The van der Waals surface area contributed by atoms with Crippen LogP contribution in [0, 0.1) is 0 Å². The molecule has 1 N–H and O–H groups in total. The highest BCUT2D eigenvalue weighted by Crippen LogP contribution is 2.22. The average molecular weight is 302 g/mol. The Bertz CT molecular complexity index is 280. The molecule has 1 aromatic rings. The van der Waals surface area contributed by atoms with Crippen molar-refractivity contribution in [2.45, 2.75) is 37.6 Å². The van der Waals surface area contributed by atoms with Crippen molar-refractivity contribution in [1.29, 1.82) is 0 Å². The van der Waals surface area contributed by atoms with Crippen LogP contribution in [0.15, 0.2) is 33.6 Å². The summed E-state index contributed by atoms with van der Waals surface area (Å²) in [5, 5.41) is 3.54. The number of benzene rings is 1. The predicted octanol–water partition coefficient (Wildman–Crippen LogP) is 4.32. The maximum absolute atomic E-state index is 3.54. The van der Waals surface area contributed by atoms with Crippen molar-refractivity contribution in [2.24, 2.45) is 0 Å². The number of hydrogen-bond acceptors (Lipinski definition) is 2. The second kappa shape index (κ2) is 8.15. The van der Waals surface area contributed by atoms with E-state index in [0.717, 1.165) is 16.8 Å². The fourth-order valence-electron chi connectivity index (χ4n) is 1.61. The lowest BCUT2D eigenvalue weighted by molar-refractivity contribution is 0.531. The number of thioether (sulfide) groups is 1. The highest BCUT2D eigenvalue weighted by molar-refractivity contribution is 9.10. The molecule has 0 amide bonds. The molecule has 0 heterocycles. The SMILES string of the molecule is CCCC(CSc1ccc(Br)cc1)NCC. The largest absolute Gasteiger partial charge is 0.313 e. The minimum atomic E-state index is 0.642. The van der Waals surface area contributed by atoms with Gasteiger partial charge in [-0.3, -0.25) is 0 Å². The zero-order valence-corrected chi connectivity index (χ0v) is 12.4. The van der Waals surface area contributed by atoms with E-state index >= 15 is 0 Å². The molecule has 0 radical (unpaired) electrons. The van der Waals surface area contributed by atoms with E-state index in [0.29, 0.717) is 6.04 Å². The van der Waals surface area contributed by atoms with Gasteiger partial charge in [0.1, 0.15) is 0 Å². The van der Waals surface area contributed by atoms with Gasteiger partial charge in [0.25, 0.3) is 0 Å². The van der Waals surface area contributed by atoms with Crippen molar-refractivity contribution in [3.05, 3.63) is 28.7 Å². The molecule has 16 heavy (non-hydrogen) atoms. The summed E-state index contributed by atoms with van der Waals surface area (Å²) in [6.07, 6.45) is 2.51. The molecule has 0 fully saturated rings. The lowest BCUT2D eigenvalue weighted by Crippen LogP contribution is -2.30. The minimum absolute atomic E-state index is 0.642. The van der Waals surface area contributed by atoms with Crippen molar-refractivity contribution in [3.8, 4) is 0 Å². The van der Waals surface area contributed by atoms with Gasteiger partial charge < -0.3 is 5.32 Å².